The molecular formula is C11H10N2O5. The molecule has 1 aromatic carbocycles. The van der Waals surface area contributed by atoms with Crippen LogP contribution < -0.4 is 0 Å². The molecule has 0 aliphatic carbocycles. The molecule has 0 heterocycles. The Labute approximate surface area is 102 Å². The molecule has 94 valence electrons. The van der Waals surface area contributed by atoms with Crippen LogP contribution in [0.3, 0.4) is 0 Å². The number of nitriles is 1. The van der Waals surface area contributed by atoms with Gasteiger partial charge in [-0.15, -0.1) is 0 Å². The van der Waals surface area contributed by atoms with Gasteiger partial charge in [-0.1, -0.05) is 0 Å². The largest absolute Gasteiger partial charge is 0.462 e. The summed E-state index contributed by atoms with van der Waals surface area (Å²) in [6.45, 7) is 1.12. The number of carbonyl (C=O) groups excluding carboxylic acids is 1. The van der Waals surface area contributed by atoms with Gasteiger partial charge in [0, 0.05) is 0 Å². The fourth-order valence-corrected chi connectivity index (χ4v) is 1.45. The predicted octanol–water partition coefficient (Wildman–Crippen LogP) is 1.14. The molecule has 0 unspecified atom stereocenters. The van der Waals surface area contributed by atoms with Crippen molar-refractivity contribution in [3.63, 3.8) is 0 Å². The fraction of sp³-hybridized carbons (Fsp3) is 0.273. The lowest BCUT2D eigenvalue weighted by Gasteiger charge is -2.06. The fourth-order valence-electron chi connectivity index (χ4n) is 1.45. The van der Waals surface area contributed by atoms with Crippen molar-refractivity contribution in [2.45, 2.75) is 13.5 Å². The van der Waals surface area contributed by atoms with E-state index >= 15 is 0 Å². The molecule has 0 spiro atoms. The molecule has 0 aromatic heterocycles. The molecular weight excluding hydrogens is 240 g/mol. The molecule has 7 nitrogen and oxygen atoms in total. The van der Waals surface area contributed by atoms with E-state index in [1.807, 2.05) is 0 Å². The van der Waals surface area contributed by atoms with E-state index in [0.717, 1.165) is 12.1 Å². The number of nitro benzene ring substituents is 1. The third kappa shape index (κ3) is 2.61. The molecule has 0 saturated carbocycles. The van der Waals surface area contributed by atoms with E-state index in [1.54, 1.807) is 13.0 Å². The Bertz CT molecular complexity index is 533. The lowest BCUT2D eigenvalue weighted by Crippen LogP contribution is -2.08. The topological polar surface area (TPSA) is 113 Å². The number of rotatable bonds is 4. The maximum Gasteiger partial charge on any atom is 0.338 e. The molecule has 0 atom stereocenters. The van der Waals surface area contributed by atoms with E-state index in [-0.39, 0.29) is 23.3 Å². The van der Waals surface area contributed by atoms with E-state index in [0.29, 0.717) is 0 Å². The molecule has 0 aliphatic rings. The minimum Gasteiger partial charge on any atom is -0.462 e. The van der Waals surface area contributed by atoms with E-state index < -0.39 is 23.2 Å². The zero-order chi connectivity index (χ0) is 13.7. The first kappa shape index (κ1) is 13.6. The van der Waals surface area contributed by atoms with Crippen LogP contribution in [0.1, 0.15) is 28.4 Å². The van der Waals surface area contributed by atoms with Gasteiger partial charge in [-0.2, -0.15) is 5.26 Å². The number of ether oxygens (including phenoxy) is 1. The van der Waals surface area contributed by atoms with Crippen LogP contribution in [0.5, 0.6) is 0 Å². The Morgan fingerprint density at radius 2 is 2.28 bits per heavy atom. The summed E-state index contributed by atoms with van der Waals surface area (Å²) in [5, 5.41) is 28.7. The first-order valence-electron chi connectivity index (χ1n) is 5.04. The number of hydrogen-bond acceptors (Lipinski definition) is 6. The van der Waals surface area contributed by atoms with Crippen LogP contribution in [0.25, 0.3) is 0 Å². The minimum absolute atomic E-state index is 0.00282. The monoisotopic (exact) mass is 250 g/mol. The number of benzene rings is 1. The van der Waals surface area contributed by atoms with Crippen molar-refractivity contribution in [1.82, 2.24) is 0 Å². The molecule has 7 heteroatoms. The normalized spacial score (nSPS) is 9.61. The lowest BCUT2D eigenvalue weighted by molar-refractivity contribution is -0.386. The summed E-state index contributed by atoms with van der Waals surface area (Å²) in [4.78, 5) is 21.5. The van der Waals surface area contributed by atoms with E-state index in [1.165, 1.54) is 0 Å². The molecule has 0 aliphatic heterocycles. The number of aliphatic hydroxyl groups is 1. The van der Waals surface area contributed by atoms with Crippen LogP contribution in [0.4, 0.5) is 5.69 Å². The summed E-state index contributed by atoms with van der Waals surface area (Å²) in [5.74, 6) is -0.696. The summed E-state index contributed by atoms with van der Waals surface area (Å²) in [6, 6.07) is 3.86. The van der Waals surface area contributed by atoms with Crippen molar-refractivity contribution >= 4 is 11.7 Å². The Kier molecular flexibility index (Phi) is 4.34. The van der Waals surface area contributed by atoms with Gasteiger partial charge >= 0.3 is 5.97 Å². The summed E-state index contributed by atoms with van der Waals surface area (Å²) in [7, 11) is 0. The summed E-state index contributed by atoms with van der Waals surface area (Å²) in [6.07, 6.45) is 0. The van der Waals surface area contributed by atoms with Crippen molar-refractivity contribution in [3.8, 4) is 6.07 Å². The van der Waals surface area contributed by atoms with Crippen LogP contribution >= 0.6 is 0 Å². The van der Waals surface area contributed by atoms with Crippen LogP contribution in [-0.2, 0) is 11.3 Å². The Hall–Kier alpha value is -2.46. The molecule has 1 rings (SSSR count). The predicted molar refractivity (Wildman–Crippen MR) is 59.7 cm³/mol. The number of hydrogen-bond donors (Lipinski definition) is 1. The number of carbonyl (C=O) groups is 1. The van der Waals surface area contributed by atoms with Crippen molar-refractivity contribution in [3.05, 3.63) is 38.9 Å². The summed E-state index contributed by atoms with van der Waals surface area (Å²) in [5.41, 5.74) is -0.868. The smallest absolute Gasteiger partial charge is 0.338 e. The number of nitro groups is 1. The van der Waals surface area contributed by atoms with Gasteiger partial charge in [0.2, 0.25) is 0 Å². The molecule has 0 saturated heterocycles. The van der Waals surface area contributed by atoms with Crippen molar-refractivity contribution in [2.75, 3.05) is 6.61 Å². The zero-order valence-electron chi connectivity index (χ0n) is 9.54. The molecule has 1 aromatic rings. The van der Waals surface area contributed by atoms with Crippen LogP contribution in [0.2, 0.25) is 0 Å². The highest BCUT2D eigenvalue weighted by Gasteiger charge is 2.23. The first-order valence-corrected chi connectivity index (χ1v) is 5.04. The average molecular weight is 250 g/mol. The third-order valence-corrected chi connectivity index (χ3v) is 2.17. The van der Waals surface area contributed by atoms with Crippen LogP contribution in [0.15, 0.2) is 12.1 Å². The zero-order valence-corrected chi connectivity index (χ0v) is 9.54. The second-order valence-corrected chi connectivity index (χ2v) is 3.28. The summed E-state index contributed by atoms with van der Waals surface area (Å²) >= 11 is 0. The molecule has 1 N–H and O–H groups in total. The number of esters is 1. The van der Waals surface area contributed by atoms with Gasteiger partial charge in [0.15, 0.2) is 0 Å². The van der Waals surface area contributed by atoms with Crippen LogP contribution in [0, 0.1) is 21.4 Å². The lowest BCUT2D eigenvalue weighted by atomic mass is 10.0. The quantitative estimate of drug-likeness (QED) is 0.486. The maximum absolute atomic E-state index is 11.5. The molecule has 0 amide bonds. The third-order valence-electron chi connectivity index (χ3n) is 2.17. The van der Waals surface area contributed by atoms with Gasteiger partial charge in [0.25, 0.3) is 5.69 Å². The standard InChI is InChI=1S/C11H10N2O5/c1-2-18-11(15)7-3-8(5-12)10(13(16)17)9(4-7)6-14/h3-4,14H,2,6H2,1H3. The molecule has 0 bridgehead atoms. The summed E-state index contributed by atoms with van der Waals surface area (Å²) < 4.78 is 4.73. The highest BCUT2D eigenvalue weighted by Crippen LogP contribution is 2.25. The van der Waals surface area contributed by atoms with E-state index in [9.17, 15) is 14.9 Å². The molecule has 0 fully saturated rings. The first-order chi connectivity index (χ1) is 8.54. The Balaban J connectivity index is 3.41. The van der Waals surface area contributed by atoms with Gasteiger partial charge in [0.1, 0.15) is 11.6 Å². The van der Waals surface area contributed by atoms with Crippen LogP contribution in [-0.4, -0.2) is 22.6 Å². The van der Waals surface area contributed by atoms with Crippen molar-refractivity contribution in [2.24, 2.45) is 0 Å². The maximum atomic E-state index is 11.5. The average Bonchev–Trinajstić information content (AvgIpc) is 2.36. The minimum atomic E-state index is -0.765. The van der Waals surface area contributed by atoms with Gasteiger partial charge < -0.3 is 9.84 Å². The number of aliphatic hydroxyl groups excluding tert-OH is 1. The molecule has 0 radical (unpaired) electrons. The van der Waals surface area contributed by atoms with Gasteiger partial charge in [0.05, 0.1) is 29.3 Å². The van der Waals surface area contributed by atoms with Crippen molar-refractivity contribution < 1.29 is 19.6 Å². The van der Waals surface area contributed by atoms with Gasteiger partial charge in [-0.25, -0.2) is 4.79 Å². The number of nitrogens with zero attached hydrogens (tertiary/aromatic N) is 2. The molecule has 18 heavy (non-hydrogen) atoms. The second-order valence-electron chi connectivity index (χ2n) is 3.28. The highest BCUT2D eigenvalue weighted by atomic mass is 16.6. The van der Waals surface area contributed by atoms with E-state index in [2.05, 4.69) is 0 Å². The Morgan fingerprint density at radius 3 is 2.72 bits per heavy atom. The van der Waals surface area contributed by atoms with Gasteiger partial charge in [-0.3, -0.25) is 10.1 Å². The highest BCUT2D eigenvalue weighted by molar-refractivity contribution is 5.91. The van der Waals surface area contributed by atoms with Crippen molar-refractivity contribution in [1.29, 1.82) is 5.26 Å². The SMILES string of the molecule is CCOC(=O)c1cc(C#N)c([N+](=O)[O-])c(CO)c1. The van der Waals surface area contributed by atoms with Gasteiger partial charge in [-0.05, 0) is 19.1 Å². The Morgan fingerprint density at radius 1 is 1.61 bits per heavy atom. The van der Waals surface area contributed by atoms with E-state index in [4.69, 9.17) is 15.1 Å². The second kappa shape index (κ2) is 5.75.